The summed E-state index contributed by atoms with van der Waals surface area (Å²) in [4.78, 5) is 25.8. The van der Waals surface area contributed by atoms with E-state index in [1.807, 2.05) is 20.8 Å². The first-order valence-electron chi connectivity index (χ1n) is 13.5. The van der Waals surface area contributed by atoms with Crippen molar-refractivity contribution in [2.75, 3.05) is 0 Å². The molecule has 0 aromatic heterocycles. The zero-order chi connectivity index (χ0) is 25.3. The second kappa shape index (κ2) is 7.18. The monoisotopic (exact) mass is 488 g/mol. The molecule has 0 aromatic carbocycles. The van der Waals surface area contributed by atoms with E-state index in [2.05, 4.69) is 6.92 Å². The fraction of sp³-hybridized carbons (Fsp3) is 0.857. The van der Waals surface area contributed by atoms with E-state index < -0.39 is 40.8 Å². The highest BCUT2D eigenvalue weighted by atomic mass is 16.6. The van der Waals surface area contributed by atoms with Crippen molar-refractivity contribution in [3.8, 4) is 0 Å². The number of aliphatic hydroxyl groups excluding tert-OH is 2. The molecule has 1 spiro atoms. The molecule has 7 nitrogen and oxygen atoms in total. The highest BCUT2D eigenvalue weighted by Gasteiger charge is 2.80. The van der Waals surface area contributed by atoms with Crippen LogP contribution in [0, 0.1) is 46.3 Å². The van der Waals surface area contributed by atoms with Gasteiger partial charge in [0.15, 0.2) is 5.78 Å². The number of aliphatic hydroxyl groups is 3. The highest BCUT2D eigenvalue weighted by molar-refractivity contribution is 5.98. The van der Waals surface area contributed by atoms with Gasteiger partial charge in [0.05, 0.1) is 23.5 Å². The fourth-order valence-corrected chi connectivity index (χ4v) is 9.89. The number of fused-ring (bicyclic) bond motifs is 4. The zero-order valence-electron chi connectivity index (χ0n) is 21.4. The molecule has 6 aliphatic rings. The van der Waals surface area contributed by atoms with E-state index >= 15 is 0 Å². The highest BCUT2D eigenvalue weighted by Crippen LogP contribution is 2.73. The summed E-state index contributed by atoms with van der Waals surface area (Å²) in [6.07, 6.45) is 4.19. The predicted molar refractivity (Wildman–Crippen MR) is 126 cm³/mol. The summed E-state index contributed by atoms with van der Waals surface area (Å²) in [5, 5.41) is 34.2. The summed E-state index contributed by atoms with van der Waals surface area (Å²) < 4.78 is 11.9. The first kappa shape index (κ1) is 24.1. The minimum atomic E-state index is -1.36. The Morgan fingerprint density at radius 1 is 1.09 bits per heavy atom. The summed E-state index contributed by atoms with van der Waals surface area (Å²) >= 11 is 0. The van der Waals surface area contributed by atoms with E-state index in [-0.39, 0.29) is 52.9 Å². The van der Waals surface area contributed by atoms with Crippen LogP contribution in [-0.4, -0.2) is 62.7 Å². The molecule has 4 aliphatic carbocycles. The number of epoxide rings is 1. The van der Waals surface area contributed by atoms with Crippen LogP contribution in [0.3, 0.4) is 0 Å². The van der Waals surface area contributed by atoms with Crippen molar-refractivity contribution in [3.63, 3.8) is 0 Å². The van der Waals surface area contributed by atoms with Crippen molar-refractivity contribution in [1.29, 1.82) is 0 Å². The maximum Gasteiger partial charge on any atom is 0.309 e. The molecule has 0 aromatic rings. The van der Waals surface area contributed by atoms with Gasteiger partial charge in [0.1, 0.15) is 23.4 Å². The van der Waals surface area contributed by atoms with Gasteiger partial charge in [-0.1, -0.05) is 20.8 Å². The van der Waals surface area contributed by atoms with Gasteiger partial charge in [-0.15, -0.1) is 0 Å². The lowest BCUT2D eigenvalue weighted by Gasteiger charge is -2.59. The van der Waals surface area contributed by atoms with Crippen LogP contribution in [0.4, 0.5) is 0 Å². The molecule has 2 heterocycles. The van der Waals surface area contributed by atoms with Gasteiger partial charge in [0, 0.05) is 5.92 Å². The quantitative estimate of drug-likeness (QED) is 0.404. The number of cyclic esters (lactones) is 1. The van der Waals surface area contributed by atoms with Gasteiger partial charge < -0.3 is 24.8 Å². The molecular weight excluding hydrogens is 448 g/mol. The molecule has 2 aliphatic heterocycles. The number of rotatable bonds is 2. The summed E-state index contributed by atoms with van der Waals surface area (Å²) in [6, 6.07) is 0. The average Bonchev–Trinajstić information content (AvgIpc) is 3.45. The smallest absolute Gasteiger partial charge is 0.309 e. The molecule has 6 rings (SSSR count). The molecule has 0 radical (unpaired) electrons. The van der Waals surface area contributed by atoms with E-state index in [1.165, 1.54) is 6.08 Å². The van der Waals surface area contributed by atoms with Crippen molar-refractivity contribution in [1.82, 2.24) is 0 Å². The van der Waals surface area contributed by atoms with Crippen molar-refractivity contribution in [3.05, 3.63) is 12.2 Å². The molecule has 0 bridgehead atoms. The third-order valence-electron chi connectivity index (χ3n) is 12.0. The van der Waals surface area contributed by atoms with Gasteiger partial charge in [-0.3, -0.25) is 9.59 Å². The molecule has 0 amide bonds. The maximum absolute atomic E-state index is 13.3. The van der Waals surface area contributed by atoms with Crippen LogP contribution in [0.15, 0.2) is 12.2 Å². The number of carbonyl (C=O) groups excluding carboxylic acids is 2. The summed E-state index contributed by atoms with van der Waals surface area (Å²) in [5.74, 6) is -0.472. The summed E-state index contributed by atoms with van der Waals surface area (Å²) in [7, 11) is 0. The van der Waals surface area contributed by atoms with E-state index in [9.17, 15) is 24.9 Å². The Kier molecular flexibility index (Phi) is 4.94. The molecule has 35 heavy (non-hydrogen) atoms. The van der Waals surface area contributed by atoms with Crippen LogP contribution in [0.1, 0.15) is 66.7 Å². The number of ether oxygens (including phenoxy) is 2. The van der Waals surface area contributed by atoms with Crippen LogP contribution >= 0.6 is 0 Å². The largest absolute Gasteiger partial charge is 0.459 e. The first-order valence-corrected chi connectivity index (χ1v) is 13.5. The average molecular weight is 489 g/mol. The fourth-order valence-electron chi connectivity index (χ4n) is 9.89. The first-order chi connectivity index (χ1) is 16.3. The summed E-state index contributed by atoms with van der Waals surface area (Å²) in [5.41, 5.74) is -3.33. The molecule has 7 heteroatoms. The Hall–Kier alpha value is -1.28. The summed E-state index contributed by atoms with van der Waals surface area (Å²) in [6.45, 7) is 9.77. The molecule has 3 saturated carbocycles. The minimum Gasteiger partial charge on any atom is -0.459 e. The Bertz CT molecular complexity index is 990. The second-order valence-electron chi connectivity index (χ2n) is 13.4. The topological polar surface area (TPSA) is 117 Å². The van der Waals surface area contributed by atoms with Crippen LogP contribution < -0.4 is 0 Å². The van der Waals surface area contributed by atoms with E-state index in [4.69, 9.17) is 9.47 Å². The van der Waals surface area contributed by atoms with Gasteiger partial charge in [0.25, 0.3) is 0 Å². The van der Waals surface area contributed by atoms with Gasteiger partial charge in [0.2, 0.25) is 0 Å². The van der Waals surface area contributed by atoms with Gasteiger partial charge in [-0.2, -0.15) is 0 Å². The van der Waals surface area contributed by atoms with Crippen molar-refractivity contribution in [2.24, 2.45) is 46.3 Å². The maximum atomic E-state index is 13.3. The number of ketones is 1. The Morgan fingerprint density at radius 2 is 1.80 bits per heavy atom. The molecule has 3 N–H and O–H groups in total. The van der Waals surface area contributed by atoms with E-state index in [0.717, 1.165) is 19.3 Å². The predicted octanol–water partition coefficient (Wildman–Crippen LogP) is 2.40. The van der Waals surface area contributed by atoms with Crippen LogP contribution in [0.2, 0.25) is 0 Å². The lowest BCUT2D eigenvalue weighted by Crippen LogP contribution is -2.64. The number of allylic oxidation sites excluding steroid dienone is 1. The van der Waals surface area contributed by atoms with Crippen molar-refractivity contribution >= 4 is 11.8 Å². The lowest BCUT2D eigenvalue weighted by atomic mass is 9.44. The Morgan fingerprint density at radius 3 is 2.49 bits per heavy atom. The standard InChI is InChI=1S/C28H40O7/c1-13-10-21(34-24(32)14(13)2)27(5,33)23-18(29)12-17-15-11-22-28(35-22)20(31)7-6-19(30)26(28,4)16(15)8-9-25(17,23)3/h6-7,13-18,20-23,29,31,33H,8-12H2,1-5H3/t13-,14+,15?,16?,17?,18-,20?,21?,22+,23-,25-,26-,27-,28?/m0/s1. The third-order valence-corrected chi connectivity index (χ3v) is 12.0. The van der Waals surface area contributed by atoms with Crippen LogP contribution in [-0.2, 0) is 19.1 Å². The Balaban J connectivity index is 1.33. The second-order valence-corrected chi connectivity index (χ2v) is 13.4. The minimum absolute atomic E-state index is 0.0305. The molecule has 6 unspecified atom stereocenters. The molecule has 14 atom stereocenters. The van der Waals surface area contributed by atoms with Crippen LogP contribution in [0.5, 0.6) is 0 Å². The zero-order valence-corrected chi connectivity index (χ0v) is 21.4. The van der Waals surface area contributed by atoms with E-state index in [1.54, 1.807) is 13.0 Å². The number of hydrogen-bond acceptors (Lipinski definition) is 7. The SMILES string of the molecule is C[C@H]1CC([C@](C)(O)[C@H]2[C@@H](O)CC3C4C[C@H]5OC56C(O)C=CC(=O)[C@]6(C)C4CC[C@@]32C)OC(=O)[C@@H]1C. The van der Waals surface area contributed by atoms with E-state index in [0.29, 0.717) is 12.8 Å². The Labute approximate surface area is 207 Å². The van der Waals surface area contributed by atoms with Gasteiger partial charge in [-0.05, 0) is 87.2 Å². The van der Waals surface area contributed by atoms with Crippen molar-refractivity contribution in [2.45, 2.75) is 102 Å². The normalized spacial score (nSPS) is 58.4. The molecule has 2 saturated heterocycles. The van der Waals surface area contributed by atoms with Crippen molar-refractivity contribution < 1.29 is 34.4 Å². The lowest BCUT2D eigenvalue weighted by molar-refractivity contribution is -0.209. The number of esters is 1. The number of hydrogen-bond donors (Lipinski definition) is 3. The van der Waals surface area contributed by atoms with Gasteiger partial charge >= 0.3 is 5.97 Å². The molecular formula is C28H40O7. The molecule has 194 valence electrons. The number of carbonyl (C=O) groups is 2. The third kappa shape index (κ3) is 2.76. The molecule has 5 fully saturated rings. The van der Waals surface area contributed by atoms with Gasteiger partial charge in [-0.25, -0.2) is 0 Å². The van der Waals surface area contributed by atoms with Crippen LogP contribution in [0.25, 0.3) is 0 Å².